The van der Waals surface area contributed by atoms with E-state index < -0.39 is 5.41 Å². The second-order valence-electron chi connectivity index (χ2n) is 12.2. The molecular weight excluding hydrogens is 594 g/mol. The summed E-state index contributed by atoms with van der Waals surface area (Å²) < 4.78 is 0. The molecule has 2 aromatic carbocycles. The Bertz CT molecular complexity index is 2100. The van der Waals surface area contributed by atoms with Gasteiger partial charge in [0.2, 0.25) is 0 Å². The van der Waals surface area contributed by atoms with Crippen LogP contribution in [0.25, 0.3) is 11.1 Å². The summed E-state index contributed by atoms with van der Waals surface area (Å²) >= 11 is 0. The zero-order valence-corrected chi connectivity index (χ0v) is 29.0. The maximum atomic E-state index is 13.5. The number of rotatable bonds is 2. The molecule has 0 radical (unpaired) electrons. The molecule has 44 heavy (non-hydrogen) atoms. The maximum absolute atomic E-state index is 13.5. The minimum Gasteiger partial charge on any atom is -0.873 e. The molecule has 5 heterocycles. The SMILES string of the molecule is Cc1ccc(C2=c3ccc([n-]3)=C(c3c(C)cc(C)cc3C)C3=NC(=CC4=C([O-])C(C)(C)C(=N4)C=C4C=CC2=N4)C=C3)cc1.[Zn+2]. The number of hydrogen-bond acceptors (Lipinski definition) is 4. The van der Waals surface area contributed by atoms with Gasteiger partial charge in [-0.05, 0) is 97.6 Å². The van der Waals surface area contributed by atoms with E-state index >= 15 is 0 Å². The van der Waals surface area contributed by atoms with Crippen LogP contribution in [0.4, 0.5) is 0 Å². The zero-order valence-electron chi connectivity index (χ0n) is 26.0. The summed E-state index contributed by atoms with van der Waals surface area (Å²) in [5.74, 6) is -0.0253. The van der Waals surface area contributed by atoms with Crippen molar-refractivity contribution < 1.29 is 24.6 Å². The average molecular weight is 626 g/mol. The van der Waals surface area contributed by atoms with Gasteiger partial charge in [-0.15, -0.1) is 10.7 Å². The van der Waals surface area contributed by atoms with Gasteiger partial charge >= 0.3 is 19.5 Å². The molecule has 4 aliphatic heterocycles. The normalized spacial score (nSPS) is 18.2. The van der Waals surface area contributed by atoms with Gasteiger partial charge < -0.3 is 10.1 Å². The number of benzene rings is 2. The number of aryl methyl sites for hydroxylation is 4. The minimum absolute atomic E-state index is 0. The number of hydrogen-bond donors (Lipinski definition) is 0. The van der Waals surface area contributed by atoms with Gasteiger partial charge in [0.05, 0.1) is 34.2 Å². The van der Waals surface area contributed by atoms with Crippen molar-refractivity contribution in [2.24, 2.45) is 20.4 Å². The van der Waals surface area contributed by atoms with Gasteiger partial charge in [-0.25, -0.2) is 9.98 Å². The zero-order chi connectivity index (χ0) is 30.0. The predicted molar refractivity (Wildman–Crippen MR) is 173 cm³/mol. The van der Waals surface area contributed by atoms with Crippen LogP contribution in [0.15, 0.2) is 123 Å². The van der Waals surface area contributed by atoms with E-state index in [2.05, 4.69) is 76.2 Å². The van der Waals surface area contributed by atoms with Crippen molar-refractivity contribution in [2.45, 2.75) is 41.5 Å². The van der Waals surface area contributed by atoms with Crippen molar-refractivity contribution in [1.82, 2.24) is 4.98 Å². The second kappa shape index (κ2) is 10.9. The third-order valence-corrected chi connectivity index (χ3v) is 8.51. The standard InChI is InChI=1S/C38H33N4O.Zn/c1-21-7-9-25(10-8-21)35-28-13-12-27(40-28)20-33-38(5,6)37(43)32(42-33)19-26-11-14-30(39-26)36(31-16-15-29(35)41-31)34-23(3)17-22(2)18-24(34)4;/h7-20H,1-6H3,(H-,39,40,41,42,43);/q-1;+2/p-1. The van der Waals surface area contributed by atoms with Crippen LogP contribution >= 0.6 is 0 Å². The number of allylic oxidation sites excluding steroid dienone is 7. The summed E-state index contributed by atoms with van der Waals surface area (Å²) in [7, 11) is 0. The fourth-order valence-electron chi connectivity index (χ4n) is 6.29. The van der Waals surface area contributed by atoms with Gasteiger partial charge in [0.25, 0.3) is 0 Å². The van der Waals surface area contributed by atoms with Gasteiger partial charge in [0, 0.05) is 5.41 Å². The van der Waals surface area contributed by atoms with Crippen LogP contribution in [0.1, 0.15) is 47.2 Å². The topological polar surface area (TPSA) is 74.2 Å². The molecule has 0 atom stereocenters. The molecule has 4 aliphatic rings. The molecule has 0 fully saturated rings. The first-order valence-electron chi connectivity index (χ1n) is 14.6. The van der Waals surface area contributed by atoms with Crippen molar-refractivity contribution in [3.63, 3.8) is 0 Å². The van der Waals surface area contributed by atoms with Crippen LogP contribution in [0.2, 0.25) is 0 Å². The van der Waals surface area contributed by atoms with Crippen molar-refractivity contribution in [3.05, 3.63) is 152 Å². The van der Waals surface area contributed by atoms with Crippen LogP contribution < -0.4 is 20.8 Å². The second-order valence-corrected chi connectivity index (χ2v) is 12.2. The third kappa shape index (κ3) is 4.97. The van der Waals surface area contributed by atoms with Gasteiger partial charge in [-0.2, -0.15) is 0 Å². The van der Waals surface area contributed by atoms with Crippen LogP contribution in [0.5, 0.6) is 0 Å². The third-order valence-electron chi connectivity index (χ3n) is 8.51. The predicted octanol–water partition coefficient (Wildman–Crippen LogP) is 5.13. The first-order valence-corrected chi connectivity index (χ1v) is 14.6. The number of aromatic nitrogens is 1. The summed E-state index contributed by atoms with van der Waals surface area (Å²) in [6.45, 7) is 12.3. The Morgan fingerprint density at radius 3 is 1.86 bits per heavy atom. The van der Waals surface area contributed by atoms with Gasteiger partial charge in [-0.1, -0.05) is 79.3 Å². The summed E-state index contributed by atoms with van der Waals surface area (Å²) in [5.41, 5.74) is 12.2. The van der Waals surface area contributed by atoms with Crippen molar-refractivity contribution in [3.8, 4) is 0 Å². The molecule has 0 saturated carbocycles. The number of nitrogens with zero attached hydrogens (tertiary/aromatic N) is 4. The molecule has 1 aromatic heterocycles. The molecule has 212 valence electrons. The van der Waals surface area contributed by atoms with Crippen LogP contribution in [-0.2, 0) is 19.5 Å². The molecule has 0 unspecified atom stereocenters. The number of fused-ring (bicyclic) bond motifs is 5. The molecule has 0 spiro atoms. The van der Waals surface area contributed by atoms with E-state index in [0.29, 0.717) is 17.1 Å². The van der Waals surface area contributed by atoms with Crippen molar-refractivity contribution in [1.29, 1.82) is 0 Å². The molecule has 7 rings (SSSR count). The summed E-state index contributed by atoms with van der Waals surface area (Å²) in [5, 5.41) is 15.2. The molecule has 0 N–H and O–H groups in total. The van der Waals surface area contributed by atoms with Gasteiger partial charge in [0.1, 0.15) is 0 Å². The molecule has 0 amide bonds. The quantitative estimate of drug-likeness (QED) is 0.371. The Hall–Kier alpha value is -4.41. The molecule has 0 saturated heterocycles. The van der Waals surface area contributed by atoms with E-state index in [-0.39, 0.29) is 25.2 Å². The van der Waals surface area contributed by atoms with E-state index in [1.807, 2.05) is 44.2 Å². The summed E-state index contributed by atoms with van der Waals surface area (Å²) in [4.78, 5) is 20.1. The van der Waals surface area contributed by atoms with E-state index in [1.54, 1.807) is 6.08 Å². The molecule has 0 aliphatic carbocycles. The molecular formula is C38H32N4OZn. The van der Waals surface area contributed by atoms with Gasteiger partial charge in [-0.3, -0.25) is 4.99 Å². The van der Waals surface area contributed by atoms with Crippen LogP contribution in [-0.4, -0.2) is 17.1 Å². The Morgan fingerprint density at radius 2 is 1.23 bits per heavy atom. The largest absolute Gasteiger partial charge is 2.00 e. The monoisotopic (exact) mass is 624 g/mol. The minimum atomic E-state index is -0.771. The van der Waals surface area contributed by atoms with E-state index in [9.17, 15) is 5.11 Å². The number of aliphatic imine (C=N–C) groups is 3. The summed E-state index contributed by atoms with van der Waals surface area (Å²) in [6, 6.07) is 17.0. The van der Waals surface area contributed by atoms with Crippen molar-refractivity contribution >= 4 is 28.3 Å². The molecule has 6 heteroatoms. The Labute approximate surface area is 270 Å². The fraction of sp³-hybridized carbons (Fsp3) is 0.184. The smallest absolute Gasteiger partial charge is 0.873 e. The Kier molecular flexibility index (Phi) is 7.38. The molecule has 8 bridgehead atoms. The van der Waals surface area contributed by atoms with Gasteiger partial charge in [0.15, 0.2) is 0 Å². The first kappa shape index (κ1) is 29.7. The molecule has 3 aromatic rings. The van der Waals surface area contributed by atoms with Crippen molar-refractivity contribution in [2.75, 3.05) is 0 Å². The Balaban J connectivity index is 0.00000343. The first-order chi connectivity index (χ1) is 20.6. The van der Waals surface area contributed by atoms with Crippen LogP contribution in [0.3, 0.4) is 0 Å². The van der Waals surface area contributed by atoms with E-state index in [0.717, 1.165) is 61.2 Å². The fourth-order valence-corrected chi connectivity index (χ4v) is 6.29. The average Bonchev–Trinajstić information content (AvgIpc) is 3.75. The summed E-state index contributed by atoms with van der Waals surface area (Å²) in [6.07, 6.45) is 11.7. The molecule has 5 nitrogen and oxygen atoms in total. The van der Waals surface area contributed by atoms with E-state index in [1.165, 1.54) is 11.1 Å². The van der Waals surface area contributed by atoms with E-state index in [4.69, 9.17) is 20.0 Å². The Morgan fingerprint density at radius 1 is 0.659 bits per heavy atom. The van der Waals surface area contributed by atoms with Crippen LogP contribution in [0, 0.1) is 33.1 Å². The maximum Gasteiger partial charge on any atom is 2.00 e.